The van der Waals surface area contributed by atoms with Crippen molar-refractivity contribution in [3.05, 3.63) is 29.8 Å². The van der Waals surface area contributed by atoms with Gasteiger partial charge < -0.3 is 10.2 Å². The van der Waals surface area contributed by atoms with Crippen LogP contribution in [0, 0.1) is 11.6 Å². The third-order valence-electron chi connectivity index (χ3n) is 2.76. The molecule has 122 valence electrons. The Morgan fingerprint density at radius 3 is 2.55 bits per heavy atom. The van der Waals surface area contributed by atoms with Gasteiger partial charge >= 0.3 is 0 Å². The minimum atomic E-state index is -1.44. The van der Waals surface area contributed by atoms with Crippen molar-refractivity contribution in [3.63, 3.8) is 0 Å². The van der Waals surface area contributed by atoms with Gasteiger partial charge in [0.1, 0.15) is 17.4 Å². The highest BCUT2D eigenvalue weighted by molar-refractivity contribution is 7.85. The number of halogens is 2. The first-order valence-electron chi connectivity index (χ1n) is 6.59. The molecule has 0 aromatic heterocycles. The van der Waals surface area contributed by atoms with Gasteiger partial charge in [0.2, 0.25) is 11.8 Å². The molecule has 0 saturated carbocycles. The van der Waals surface area contributed by atoms with Gasteiger partial charge in [-0.1, -0.05) is 0 Å². The van der Waals surface area contributed by atoms with Crippen molar-refractivity contribution >= 4 is 28.3 Å². The second kappa shape index (κ2) is 8.57. The highest BCUT2D eigenvalue weighted by Gasteiger charge is 2.12. The van der Waals surface area contributed by atoms with Crippen LogP contribution in [0.1, 0.15) is 12.8 Å². The fourth-order valence-electron chi connectivity index (χ4n) is 1.60. The van der Waals surface area contributed by atoms with Gasteiger partial charge in [0.05, 0.1) is 5.69 Å². The van der Waals surface area contributed by atoms with E-state index in [4.69, 9.17) is 0 Å². The van der Waals surface area contributed by atoms with E-state index in [0.717, 1.165) is 12.1 Å². The second-order valence-electron chi connectivity index (χ2n) is 4.85. The summed E-state index contributed by atoms with van der Waals surface area (Å²) in [6.45, 7) is 0. The Labute approximate surface area is 130 Å². The first-order chi connectivity index (χ1) is 10.3. The summed E-state index contributed by atoms with van der Waals surface area (Å²) in [6, 6.07) is 2.77. The minimum Gasteiger partial charge on any atom is -0.349 e. The number of anilines is 1. The molecule has 0 aliphatic heterocycles. The monoisotopic (exact) mass is 332 g/mol. The van der Waals surface area contributed by atoms with E-state index in [9.17, 15) is 22.6 Å². The predicted molar refractivity (Wildman–Crippen MR) is 80.8 cm³/mol. The summed E-state index contributed by atoms with van der Waals surface area (Å²) in [4.78, 5) is 24.4. The molecule has 0 spiro atoms. The molecule has 1 aromatic rings. The van der Waals surface area contributed by atoms with Crippen molar-refractivity contribution in [2.45, 2.75) is 12.8 Å². The van der Waals surface area contributed by atoms with Crippen LogP contribution < -0.4 is 5.32 Å². The first kappa shape index (κ1) is 18.2. The van der Waals surface area contributed by atoms with E-state index in [1.54, 1.807) is 14.1 Å². The molecule has 0 fully saturated rings. The average molecular weight is 332 g/mol. The van der Waals surface area contributed by atoms with Crippen molar-refractivity contribution < 1.29 is 22.6 Å². The highest BCUT2D eigenvalue weighted by atomic mass is 32.2. The zero-order valence-electron chi connectivity index (χ0n) is 12.4. The standard InChI is InChI=1S/C14H18F2N2O3S/c1-18(2)14(20)4-3-7-22(21)9-13(19)17-12-6-5-10(15)8-11(12)16/h5-6,8H,3-4,7,9H2,1-2H3,(H,17,19). The average Bonchev–Trinajstić information content (AvgIpc) is 2.41. The van der Waals surface area contributed by atoms with Crippen LogP contribution in [0.25, 0.3) is 0 Å². The number of hydrogen-bond donors (Lipinski definition) is 1. The van der Waals surface area contributed by atoms with Gasteiger partial charge in [-0.2, -0.15) is 0 Å². The molecule has 1 unspecified atom stereocenters. The lowest BCUT2D eigenvalue weighted by Crippen LogP contribution is -2.23. The molecule has 0 aliphatic carbocycles. The van der Waals surface area contributed by atoms with E-state index in [0.29, 0.717) is 12.5 Å². The summed E-state index contributed by atoms with van der Waals surface area (Å²) < 4.78 is 37.8. The molecule has 0 aliphatic rings. The molecule has 1 rings (SSSR count). The quantitative estimate of drug-likeness (QED) is 0.823. The number of benzene rings is 1. The molecule has 0 heterocycles. The topological polar surface area (TPSA) is 66.5 Å². The highest BCUT2D eigenvalue weighted by Crippen LogP contribution is 2.14. The van der Waals surface area contributed by atoms with Gasteiger partial charge in [0, 0.05) is 43.1 Å². The van der Waals surface area contributed by atoms with E-state index < -0.39 is 28.3 Å². The lowest BCUT2D eigenvalue weighted by atomic mass is 10.3. The Morgan fingerprint density at radius 1 is 1.27 bits per heavy atom. The van der Waals surface area contributed by atoms with E-state index >= 15 is 0 Å². The Hall–Kier alpha value is -1.83. The SMILES string of the molecule is CN(C)C(=O)CCCS(=O)CC(=O)Nc1ccc(F)cc1F. The molecule has 8 heteroatoms. The lowest BCUT2D eigenvalue weighted by Gasteiger charge is -2.09. The van der Waals surface area contributed by atoms with Crippen molar-refractivity contribution in [2.75, 3.05) is 30.9 Å². The number of carbonyl (C=O) groups is 2. The van der Waals surface area contributed by atoms with E-state index in [1.807, 2.05) is 0 Å². The van der Waals surface area contributed by atoms with Crippen LogP contribution in [0.2, 0.25) is 0 Å². The maximum Gasteiger partial charge on any atom is 0.237 e. The molecule has 22 heavy (non-hydrogen) atoms. The summed E-state index contributed by atoms with van der Waals surface area (Å²) in [5.74, 6) is -2.43. The van der Waals surface area contributed by atoms with E-state index in [1.165, 1.54) is 4.90 Å². The first-order valence-corrected chi connectivity index (χ1v) is 8.08. The minimum absolute atomic E-state index is 0.0742. The van der Waals surface area contributed by atoms with Gasteiger partial charge in [-0.25, -0.2) is 8.78 Å². The number of amides is 2. The van der Waals surface area contributed by atoms with Gasteiger partial charge in [0.15, 0.2) is 0 Å². The summed E-state index contributed by atoms with van der Waals surface area (Å²) in [7, 11) is 1.81. The zero-order valence-corrected chi connectivity index (χ0v) is 13.2. The summed E-state index contributed by atoms with van der Waals surface area (Å²) in [5, 5.41) is 2.24. The third kappa shape index (κ3) is 6.30. The second-order valence-corrected chi connectivity index (χ2v) is 6.43. The maximum atomic E-state index is 13.3. The maximum absolute atomic E-state index is 13.3. The normalized spacial score (nSPS) is 11.8. The number of carbonyl (C=O) groups excluding carboxylic acids is 2. The molecule has 1 atom stereocenters. The number of rotatable bonds is 7. The van der Waals surface area contributed by atoms with Crippen LogP contribution in [0.15, 0.2) is 18.2 Å². The summed E-state index contributed by atoms with van der Waals surface area (Å²) in [6.07, 6.45) is 0.661. The van der Waals surface area contributed by atoms with Crippen molar-refractivity contribution in [3.8, 4) is 0 Å². The number of hydrogen-bond acceptors (Lipinski definition) is 3. The molecule has 5 nitrogen and oxygen atoms in total. The fourth-order valence-corrected chi connectivity index (χ4v) is 2.58. The van der Waals surface area contributed by atoms with Gasteiger partial charge in [-0.3, -0.25) is 13.8 Å². The van der Waals surface area contributed by atoms with Crippen molar-refractivity contribution in [1.82, 2.24) is 4.90 Å². The zero-order chi connectivity index (χ0) is 16.7. The smallest absolute Gasteiger partial charge is 0.237 e. The Morgan fingerprint density at radius 2 is 1.95 bits per heavy atom. The molecule has 0 saturated heterocycles. The molecule has 1 N–H and O–H groups in total. The third-order valence-corrected chi connectivity index (χ3v) is 4.09. The van der Waals surface area contributed by atoms with Gasteiger partial charge in [-0.15, -0.1) is 0 Å². The van der Waals surface area contributed by atoms with Crippen LogP contribution in [-0.4, -0.2) is 46.5 Å². The van der Waals surface area contributed by atoms with Crippen LogP contribution in [0.3, 0.4) is 0 Å². The van der Waals surface area contributed by atoms with Crippen LogP contribution >= 0.6 is 0 Å². The predicted octanol–water partition coefficient (Wildman–Crippen LogP) is 1.52. The molecular formula is C14H18F2N2O3S. The largest absolute Gasteiger partial charge is 0.349 e. The van der Waals surface area contributed by atoms with Crippen LogP contribution in [0.5, 0.6) is 0 Å². The summed E-state index contributed by atoms with van der Waals surface area (Å²) in [5.41, 5.74) is -0.161. The molecule has 2 amide bonds. The number of nitrogens with one attached hydrogen (secondary N) is 1. The Kier molecular flexibility index (Phi) is 7.10. The van der Waals surface area contributed by atoms with E-state index in [2.05, 4.69) is 5.32 Å². The molecule has 1 aromatic carbocycles. The van der Waals surface area contributed by atoms with Crippen molar-refractivity contribution in [2.24, 2.45) is 0 Å². The number of nitrogens with zero attached hydrogens (tertiary/aromatic N) is 1. The van der Waals surface area contributed by atoms with Gasteiger partial charge in [0.25, 0.3) is 0 Å². The Balaban J connectivity index is 2.38. The lowest BCUT2D eigenvalue weighted by molar-refractivity contribution is -0.128. The molecule has 0 bridgehead atoms. The van der Waals surface area contributed by atoms with Crippen molar-refractivity contribution in [1.29, 1.82) is 0 Å². The van der Waals surface area contributed by atoms with E-state index in [-0.39, 0.29) is 29.5 Å². The van der Waals surface area contributed by atoms with Crippen LogP contribution in [-0.2, 0) is 20.4 Å². The molecule has 0 radical (unpaired) electrons. The van der Waals surface area contributed by atoms with Gasteiger partial charge in [-0.05, 0) is 18.6 Å². The Bertz CT molecular complexity index is 579. The fraction of sp³-hybridized carbons (Fsp3) is 0.429. The van der Waals surface area contributed by atoms with Crippen LogP contribution in [0.4, 0.5) is 14.5 Å². The summed E-state index contributed by atoms with van der Waals surface area (Å²) >= 11 is 0. The molecular weight excluding hydrogens is 314 g/mol.